The van der Waals surface area contributed by atoms with E-state index in [9.17, 15) is 8.42 Å². The molecule has 1 heterocycles. The Kier molecular flexibility index (Phi) is 8.54. The fourth-order valence-corrected chi connectivity index (χ4v) is 7.33. The van der Waals surface area contributed by atoms with Crippen molar-refractivity contribution in [1.29, 1.82) is 0 Å². The quantitative estimate of drug-likeness (QED) is 0.550. The summed E-state index contributed by atoms with van der Waals surface area (Å²) in [4.78, 5) is 7.87. The topological polar surface area (TPSA) is 70.8 Å². The van der Waals surface area contributed by atoms with Gasteiger partial charge in [0.05, 0.1) is 11.1 Å². The van der Waals surface area contributed by atoms with E-state index >= 15 is 0 Å². The van der Waals surface area contributed by atoms with E-state index in [0.29, 0.717) is 19.1 Å². The van der Waals surface area contributed by atoms with Crippen molar-refractivity contribution < 1.29 is 8.42 Å². The summed E-state index contributed by atoms with van der Waals surface area (Å²) in [5.41, 5.74) is 0.731. The maximum Gasteiger partial charge on any atom is 0.244 e. The third-order valence-corrected chi connectivity index (χ3v) is 9.40. The molecule has 3 rings (SSSR count). The molecule has 1 saturated carbocycles. The molecule has 1 aromatic heterocycles. The highest BCUT2D eigenvalue weighted by Crippen LogP contribution is 2.31. The Morgan fingerprint density at radius 2 is 1.97 bits per heavy atom. The molecular formula is C22H34ClN5O2S2. The Balaban J connectivity index is 1.97. The van der Waals surface area contributed by atoms with Gasteiger partial charge in [0.2, 0.25) is 14.8 Å². The first-order valence-corrected chi connectivity index (χ1v) is 13.8. The fourth-order valence-electron chi connectivity index (χ4n) is 4.24. The van der Waals surface area contributed by atoms with Gasteiger partial charge in [-0.1, -0.05) is 55.2 Å². The Bertz CT molecular complexity index is 1090. The van der Waals surface area contributed by atoms with E-state index in [1.807, 2.05) is 46.0 Å². The van der Waals surface area contributed by atoms with Crippen LogP contribution in [-0.4, -0.2) is 66.7 Å². The van der Waals surface area contributed by atoms with Crippen LogP contribution in [-0.2, 0) is 17.1 Å². The largest absolute Gasteiger partial charge is 0.308 e. The third-order valence-electron chi connectivity index (χ3n) is 5.77. The van der Waals surface area contributed by atoms with E-state index in [0.717, 1.165) is 28.2 Å². The standard InChI is InChI=1S/C22H34ClN5O2S2/c1-6-28(16(2)15-26(3)4)32(29,30)20-14-17(12-13-19(20)23)21-25-27(5)22(31-21)24-18-10-8-7-9-11-18/h12-14,16,18H,6-11,15H2,1-5H3. The van der Waals surface area contributed by atoms with E-state index in [4.69, 9.17) is 16.6 Å². The summed E-state index contributed by atoms with van der Waals surface area (Å²) in [6, 6.07) is 5.28. The number of sulfonamides is 1. The van der Waals surface area contributed by atoms with Crippen LogP contribution in [0.25, 0.3) is 10.6 Å². The summed E-state index contributed by atoms with van der Waals surface area (Å²) in [6.07, 6.45) is 5.98. The molecule has 0 radical (unpaired) electrons. The number of halogens is 1. The minimum Gasteiger partial charge on any atom is -0.308 e. The second-order valence-electron chi connectivity index (χ2n) is 8.70. The molecule has 10 heteroatoms. The Morgan fingerprint density at radius 1 is 1.28 bits per heavy atom. The molecule has 1 aliphatic carbocycles. The second kappa shape index (κ2) is 10.8. The molecule has 1 unspecified atom stereocenters. The van der Waals surface area contributed by atoms with Crippen molar-refractivity contribution in [3.8, 4) is 10.6 Å². The van der Waals surface area contributed by atoms with Gasteiger partial charge in [0.25, 0.3) is 0 Å². The summed E-state index contributed by atoms with van der Waals surface area (Å²) in [7, 11) is 1.99. The third kappa shape index (κ3) is 5.80. The van der Waals surface area contributed by atoms with Gasteiger partial charge in [0.15, 0.2) is 0 Å². The van der Waals surface area contributed by atoms with E-state index in [2.05, 4.69) is 5.10 Å². The maximum absolute atomic E-state index is 13.5. The number of hydrogen-bond acceptors (Lipinski definition) is 6. The second-order valence-corrected chi connectivity index (χ2v) is 11.9. The molecule has 7 nitrogen and oxygen atoms in total. The number of aryl methyl sites for hydroxylation is 1. The average molecular weight is 500 g/mol. The highest BCUT2D eigenvalue weighted by Gasteiger charge is 2.30. The van der Waals surface area contributed by atoms with Crippen LogP contribution in [0.4, 0.5) is 0 Å². The van der Waals surface area contributed by atoms with Gasteiger partial charge >= 0.3 is 0 Å². The molecule has 0 spiro atoms. The van der Waals surface area contributed by atoms with Gasteiger partial charge < -0.3 is 4.90 Å². The fraction of sp³-hybridized carbons (Fsp3) is 0.636. The molecule has 1 atom stereocenters. The van der Waals surface area contributed by atoms with Crippen LogP contribution in [0, 0.1) is 0 Å². The van der Waals surface area contributed by atoms with Crippen molar-refractivity contribution in [2.45, 2.75) is 62.9 Å². The van der Waals surface area contributed by atoms with Crippen LogP contribution in [0.2, 0.25) is 5.02 Å². The molecule has 0 saturated heterocycles. The number of likely N-dealkylation sites (N-methyl/N-ethyl adjacent to an activating group) is 2. The Labute approximate surface area is 200 Å². The maximum atomic E-state index is 13.5. The number of benzene rings is 1. The van der Waals surface area contributed by atoms with Gasteiger partial charge in [-0.3, -0.25) is 4.99 Å². The van der Waals surface area contributed by atoms with Crippen molar-refractivity contribution in [2.24, 2.45) is 12.0 Å². The average Bonchev–Trinajstić information content (AvgIpc) is 3.09. The zero-order chi connectivity index (χ0) is 23.5. The predicted octanol–water partition coefficient (Wildman–Crippen LogP) is 4.00. The number of nitrogens with zero attached hydrogens (tertiary/aromatic N) is 5. The van der Waals surface area contributed by atoms with Gasteiger partial charge in [-0.25, -0.2) is 13.1 Å². The first-order valence-electron chi connectivity index (χ1n) is 11.2. The SMILES string of the molecule is CCN(C(C)CN(C)C)S(=O)(=O)c1cc(-c2nn(C)c(=NC3CCCCC3)s2)ccc1Cl. The summed E-state index contributed by atoms with van der Waals surface area (Å²) in [5, 5.41) is 5.58. The van der Waals surface area contributed by atoms with Crippen molar-refractivity contribution >= 4 is 33.0 Å². The van der Waals surface area contributed by atoms with E-state index in [1.54, 1.807) is 16.8 Å². The van der Waals surface area contributed by atoms with Crippen LogP contribution in [0.15, 0.2) is 28.1 Å². The predicted molar refractivity (Wildman–Crippen MR) is 132 cm³/mol. The molecule has 1 aliphatic rings. The monoisotopic (exact) mass is 499 g/mol. The molecule has 32 heavy (non-hydrogen) atoms. The van der Waals surface area contributed by atoms with Crippen LogP contribution < -0.4 is 4.80 Å². The van der Waals surface area contributed by atoms with Crippen LogP contribution >= 0.6 is 22.9 Å². The molecule has 2 aromatic rings. The molecule has 1 fully saturated rings. The minimum atomic E-state index is -3.76. The summed E-state index contributed by atoms with van der Waals surface area (Å²) in [5.74, 6) is 0. The van der Waals surface area contributed by atoms with Gasteiger partial charge in [-0.15, -0.1) is 0 Å². The first kappa shape index (κ1) is 25.4. The van der Waals surface area contributed by atoms with Crippen LogP contribution in [0.3, 0.4) is 0 Å². The lowest BCUT2D eigenvalue weighted by Crippen LogP contribution is -2.43. The Hall–Kier alpha value is -1.26. The molecule has 0 aliphatic heterocycles. The van der Waals surface area contributed by atoms with Gasteiger partial charge in [0.1, 0.15) is 9.90 Å². The van der Waals surface area contributed by atoms with Crippen molar-refractivity contribution in [1.82, 2.24) is 19.0 Å². The van der Waals surface area contributed by atoms with Gasteiger partial charge in [-0.2, -0.15) is 9.40 Å². The lowest BCUT2D eigenvalue weighted by atomic mass is 9.96. The zero-order valence-electron chi connectivity index (χ0n) is 19.6. The zero-order valence-corrected chi connectivity index (χ0v) is 22.0. The highest BCUT2D eigenvalue weighted by molar-refractivity contribution is 7.89. The van der Waals surface area contributed by atoms with Gasteiger partial charge in [-0.05, 0) is 46.0 Å². The highest BCUT2D eigenvalue weighted by atomic mass is 35.5. The number of aromatic nitrogens is 2. The van der Waals surface area contributed by atoms with Crippen LogP contribution in [0.1, 0.15) is 46.0 Å². The summed E-state index contributed by atoms with van der Waals surface area (Å²) < 4.78 is 30.3. The minimum absolute atomic E-state index is 0.118. The molecule has 1 aromatic carbocycles. The Morgan fingerprint density at radius 3 is 2.59 bits per heavy atom. The van der Waals surface area contributed by atoms with Crippen molar-refractivity contribution in [3.63, 3.8) is 0 Å². The number of rotatable bonds is 8. The molecule has 178 valence electrons. The van der Waals surface area contributed by atoms with E-state index < -0.39 is 10.0 Å². The first-order chi connectivity index (χ1) is 15.1. The summed E-state index contributed by atoms with van der Waals surface area (Å²) >= 11 is 7.88. The lowest BCUT2D eigenvalue weighted by molar-refractivity contribution is 0.271. The van der Waals surface area contributed by atoms with Crippen molar-refractivity contribution in [3.05, 3.63) is 28.0 Å². The normalized spacial score (nSPS) is 17.4. The molecule has 0 N–H and O–H groups in total. The molecule has 0 bridgehead atoms. The van der Waals surface area contributed by atoms with E-state index in [1.165, 1.54) is 34.9 Å². The molecule has 0 amide bonds. The van der Waals surface area contributed by atoms with Crippen LogP contribution in [0.5, 0.6) is 0 Å². The summed E-state index contributed by atoms with van der Waals surface area (Å²) in [6.45, 7) is 4.76. The molecular weight excluding hydrogens is 466 g/mol. The lowest BCUT2D eigenvalue weighted by Gasteiger charge is -2.29. The number of hydrogen-bond donors (Lipinski definition) is 0. The smallest absolute Gasteiger partial charge is 0.244 e. The van der Waals surface area contributed by atoms with Gasteiger partial charge in [0, 0.05) is 31.7 Å². The van der Waals surface area contributed by atoms with Crippen molar-refractivity contribution in [2.75, 3.05) is 27.2 Å². The van der Waals surface area contributed by atoms with E-state index in [-0.39, 0.29) is 16.0 Å².